The molecule has 1 heterocycles. The zero-order valence-corrected chi connectivity index (χ0v) is 7.58. The number of aromatic hydroxyl groups is 1. The second-order valence-electron chi connectivity index (χ2n) is 3.30. The van der Waals surface area contributed by atoms with Crippen molar-refractivity contribution in [1.82, 2.24) is 0 Å². The normalized spacial score (nSPS) is 19.6. The topological polar surface area (TPSA) is 41.5 Å². The van der Waals surface area contributed by atoms with Gasteiger partial charge in [-0.15, -0.1) is 0 Å². The van der Waals surface area contributed by atoms with Gasteiger partial charge in [0.15, 0.2) is 0 Å². The molecule has 1 aliphatic rings. The van der Waals surface area contributed by atoms with E-state index in [1.807, 2.05) is 6.07 Å². The molecule has 0 amide bonds. The fourth-order valence-corrected chi connectivity index (χ4v) is 1.75. The van der Waals surface area contributed by atoms with E-state index >= 15 is 0 Å². The largest absolute Gasteiger partial charge is 0.508 e. The van der Waals surface area contributed by atoms with Gasteiger partial charge in [0.1, 0.15) is 5.75 Å². The van der Waals surface area contributed by atoms with E-state index in [0.717, 1.165) is 18.8 Å². The number of phenolic OH excluding ortho intramolecular Hbond substituents is 1. The van der Waals surface area contributed by atoms with E-state index in [2.05, 4.69) is 5.32 Å². The number of nitrogens with one attached hydrogen (secondary N) is 1. The summed E-state index contributed by atoms with van der Waals surface area (Å²) in [5.41, 5.74) is 2.27. The molecule has 0 saturated carbocycles. The van der Waals surface area contributed by atoms with Crippen molar-refractivity contribution < 1.29 is 9.84 Å². The van der Waals surface area contributed by atoms with Crippen LogP contribution in [0.5, 0.6) is 5.75 Å². The van der Waals surface area contributed by atoms with E-state index in [4.69, 9.17) is 4.74 Å². The van der Waals surface area contributed by atoms with Gasteiger partial charge >= 0.3 is 0 Å². The van der Waals surface area contributed by atoms with Crippen LogP contribution in [0.2, 0.25) is 0 Å². The van der Waals surface area contributed by atoms with Crippen molar-refractivity contribution in [1.29, 1.82) is 0 Å². The summed E-state index contributed by atoms with van der Waals surface area (Å²) in [4.78, 5) is 0. The van der Waals surface area contributed by atoms with Crippen molar-refractivity contribution >= 4 is 5.69 Å². The lowest BCUT2D eigenvalue weighted by molar-refractivity contribution is 0.184. The van der Waals surface area contributed by atoms with Crippen LogP contribution in [0.1, 0.15) is 11.5 Å². The second-order valence-corrected chi connectivity index (χ2v) is 3.30. The van der Waals surface area contributed by atoms with Crippen molar-refractivity contribution in [2.75, 3.05) is 25.6 Å². The van der Waals surface area contributed by atoms with Crippen molar-refractivity contribution in [3.8, 4) is 5.75 Å². The second kappa shape index (κ2) is 3.26. The highest BCUT2D eigenvalue weighted by Gasteiger charge is 2.21. The third kappa shape index (κ3) is 1.47. The monoisotopic (exact) mass is 179 g/mol. The SMILES string of the molecule is COCC1CNc2cc(O)ccc21. The fourth-order valence-electron chi connectivity index (χ4n) is 1.75. The van der Waals surface area contributed by atoms with Crippen LogP contribution in [0, 0.1) is 0 Å². The Balaban J connectivity index is 2.27. The molecule has 0 aromatic heterocycles. The maximum Gasteiger partial charge on any atom is 0.117 e. The molecule has 0 saturated heterocycles. The summed E-state index contributed by atoms with van der Waals surface area (Å²) in [5.74, 6) is 0.727. The van der Waals surface area contributed by atoms with Crippen LogP contribution in [0.4, 0.5) is 5.69 Å². The van der Waals surface area contributed by atoms with Gasteiger partial charge in [0, 0.05) is 31.3 Å². The van der Waals surface area contributed by atoms with E-state index in [1.54, 1.807) is 19.2 Å². The van der Waals surface area contributed by atoms with Crippen molar-refractivity contribution in [3.63, 3.8) is 0 Å². The number of phenols is 1. The zero-order chi connectivity index (χ0) is 9.26. The van der Waals surface area contributed by atoms with E-state index < -0.39 is 0 Å². The molecular weight excluding hydrogens is 166 g/mol. The first-order valence-corrected chi connectivity index (χ1v) is 4.37. The number of fused-ring (bicyclic) bond motifs is 1. The number of ether oxygens (including phenoxy) is 1. The number of hydrogen-bond donors (Lipinski definition) is 2. The molecule has 13 heavy (non-hydrogen) atoms. The minimum atomic E-state index is 0.310. The lowest BCUT2D eigenvalue weighted by Gasteiger charge is -2.07. The van der Waals surface area contributed by atoms with Crippen LogP contribution in [0.3, 0.4) is 0 Å². The molecule has 1 aliphatic heterocycles. The minimum Gasteiger partial charge on any atom is -0.508 e. The molecule has 1 unspecified atom stereocenters. The summed E-state index contributed by atoms with van der Waals surface area (Å²) in [6.45, 7) is 1.62. The van der Waals surface area contributed by atoms with Crippen LogP contribution in [-0.4, -0.2) is 25.4 Å². The van der Waals surface area contributed by atoms with Crippen LogP contribution in [0.25, 0.3) is 0 Å². The minimum absolute atomic E-state index is 0.310. The maximum absolute atomic E-state index is 9.24. The fraction of sp³-hybridized carbons (Fsp3) is 0.400. The predicted molar refractivity (Wildman–Crippen MR) is 51.2 cm³/mol. The highest BCUT2D eigenvalue weighted by molar-refractivity contribution is 5.60. The molecule has 1 aromatic carbocycles. The predicted octanol–water partition coefficient (Wildman–Crippen LogP) is 1.55. The third-order valence-corrected chi connectivity index (χ3v) is 2.38. The lowest BCUT2D eigenvalue weighted by atomic mass is 10.0. The quantitative estimate of drug-likeness (QED) is 0.723. The highest BCUT2D eigenvalue weighted by atomic mass is 16.5. The number of anilines is 1. The lowest BCUT2D eigenvalue weighted by Crippen LogP contribution is -2.07. The van der Waals surface area contributed by atoms with Gasteiger partial charge in [-0.25, -0.2) is 0 Å². The van der Waals surface area contributed by atoms with Crippen LogP contribution in [-0.2, 0) is 4.74 Å². The number of rotatable bonds is 2. The molecule has 0 fully saturated rings. The number of benzene rings is 1. The molecule has 0 radical (unpaired) electrons. The maximum atomic E-state index is 9.24. The molecular formula is C10H13NO2. The standard InChI is InChI=1S/C10H13NO2/c1-13-6-7-5-11-10-4-8(12)2-3-9(7)10/h2-4,7,11-12H,5-6H2,1H3. The molecule has 3 heteroatoms. The molecule has 2 rings (SSSR count). The summed E-state index contributed by atoms with van der Waals surface area (Å²) in [6.07, 6.45) is 0. The van der Waals surface area contributed by atoms with Crippen LogP contribution >= 0.6 is 0 Å². The Hall–Kier alpha value is -1.22. The van der Waals surface area contributed by atoms with Crippen LogP contribution in [0.15, 0.2) is 18.2 Å². The van der Waals surface area contributed by atoms with E-state index in [0.29, 0.717) is 11.7 Å². The van der Waals surface area contributed by atoms with Gasteiger partial charge < -0.3 is 15.2 Å². The Morgan fingerprint density at radius 3 is 3.23 bits per heavy atom. The first-order valence-electron chi connectivity index (χ1n) is 4.37. The summed E-state index contributed by atoms with van der Waals surface area (Å²) in [5, 5.41) is 12.5. The van der Waals surface area contributed by atoms with Crippen molar-refractivity contribution in [3.05, 3.63) is 23.8 Å². The van der Waals surface area contributed by atoms with Crippen molar-refractivity contribution in [2.24, 2.45) is 0 Å². The molecule has 0 bridgehead atoms. The molecule has 70 valence electrons. The van der Waals surface area contributed by atoms with Crippen molar-refractivity contribution in [2.45, 2.75) is 5.92 Å². The Morgan fingerprint density at radius 1 is 1.62 bits per heavy atom. The Labute approximate surface area is 77.3 Å². The number of methoxy groups -OCH3 is 1. The first kappa shape index (κ1) is 8.38. The molecule has 0 aliphatic carbocycles. The van der Waals surface area contributed by atoms with Gasteiger partial charge in [0.05, 0.1) is 6.61 Å². The Morgan fingerprint density at radius 2 is 2.46 bits per heavy atom. The molecule has 3 nitrogen and oxygen atoms in total. The third-order valence-electron chi connectivity index (χ3n) is 2.38. The van der Waals surface area contributed by atoms with E-state index in [9.17, 15) is 5.11 Å². The highest BCUT2D eigenvalue weighted by Crippen LogP contribution is 2.33. The molecule has 1 aromatic rings. The van der Waals surface area contributed by atoms with Crippen LogP contribution < -0.4 is 5.32 Å². The summed E-state index contributed by atoms with van der Waals surface area (Å²) in [6, 6.07) is 5.42. The average molecular weight is 179 g/mol. The molecule has 2 N–H and O–H groups in total. The summed E-state index contributed by atoms with van der Waals surface area (Å²) < 4.78 is 5.11. The average Bonchev–Trinajstić information content (AvgIpc) is 2.49. The Bertz CT molecular complexity index is 312. The first-order chi connectivity index (χ1) is 6.31. The Kier molecular flexibility index (Phi) is 2.10. The van der Waals surface area contributed by atoms with Gasteiger partial charge in [-0.05, 0) is 11.6 Å². The van der Waals surface area contributed by atoms with Gasteiger partial charge in [0.25, 0.3) is 0 Å². The van der Waals surface area contributed by atoms with Gasteiger partial charge in [0.2, 0.25) is 0 Å². The number of hydrogen-bond acceptors (Lipinski definition) is 3. The zero-order valence-electron chi connectivity index (χ0n) is 7.58. The van der Waals surface area contributed by atoms with Gasteiger partial charge in [-0.2, -0.15) is 0 Å². The van der Waals surface area contributed by atoms with E-state index in [-0.39, 0.29) is 0 Å². The summed E-state index contributed by atoms with van der Waals surface area (Å²) >= 11 is 0. The van der Waals surface area contributed by atoms with E-state index in [1.165, 1.54) is 5.56 Å². The van der Waals surface area contributed by atoms with Gasteiger partial charge in [-0.3, -0.25) is 0 Å². The summed E-state index contributed by atoms with van der Waals surface area (Å²) in [7, 11) is 1.71. The molecule has 1 atom stereocenters. The smallest absolute Gasteiger partial charge is 0.117 e. The van der Waals surface area contributed by atoms with Gasteiger partial charge in [-0.1, -0.05) is 6.07 Å². The molecule has 0 spiro atoms.